The first-order valence-electron chi connectivity index (χ1n) is 11.6. The Kier molecular flexibility index (Phi) is 5.19. The summed E-state index contributed by atoms with van der Waals surface area (Å²) in [5, 5.41) is 3.84. The van der Waals surface area contributed by atoms with Crippen LogP contribution in [0.25, 0.3) is 0 Å². The SMILES string of the molecule is CN=C(NC1C2CCOC2C12CCC2)N(C)Cc1ccc(N2CCCCC2)cc1. The summed E-state index contributed by atoms with van der Waals surface area (Å²) in [5.74, 6) is 1.69. The molecule has 4 fully saturated rings. The molecular weight excluding hydrogens is 360 g/mol. The second-order valence-electron chi connectivity index (χ2n) is 9.57. The minimum Gasteiger partial charge on any atom is -0.377 e. The molecule has 0 aromatic heterocycles. The molecule has 2 heterocycles. The minimum absolute atomic E-state index is 0.383. The largest absolute Gasteiger partial charge is 0.377 e. The standard InChI is InChI=1S/C24H36N4O/c1-25-23(26-21-20-11-16-29-22(20)24(21)12-6-13-24)27(2)17-18-7-9-19(10-8-18)28-14-4-3-5-15-28/h7-10,20-22H,3-6,11-17H2,1-2H3,(H,25,26). The van der Waals surface area contributed by atoms with Gasteiger partial charge in [0.2, 0.25) is 0 Å². The molecule has 29 heavy (non-hydrogen) atoms. The molecule has 158 valence electrons. The number of fused-ring (bicyclic) bond motifs is 2. The highest BCUT2D eigenvalue weighted by molar-refractivity contribution is 5.80. The molecule has 1 aromatic carbocycles. The number of aliphatic imine (C=N–C) groups is 1. The summed E-state index contributed by atoms with van der Waals surface area (Å²) >= 11 is 0. The molecule has 5 heteroatoms. The molecule has 1 aromatic rings. The van der Waals surface area contributed by atoms with E-state index in [2.05, 4.69) is 51.4 Å². The second-order valence-corrected chi connectivity index (χ2v) is 9.57. The third kappa shape index (κ3) is 3.31. The summed E-state index contributed by atoms with van der Waals surface area (Å²) in [5.41, 5.74) is 3.09. The van der Waals surface area contributed by atoms with Crippen molar-refractivity contribution in [2.45, 2.75) is 63.6 Å². The van der Waals surface area contributed by atoms with E-state index in [1.165, 1.54) is 69.3 Å². The van der Waals surface area contributed by atoms with Gasteiger partial charge >= 0.3 is 0 Å². The van der Waals surface area contributed by atoms with Crippen LogP contribution in [0.15, 0.2) is 29.3 Å². The molecule has 3 atom stereocenters. The van der Waals surface area contributed by atoms with Crippen LogP contribution in [0.5, 0.6) is 0 Å². The average molecular weight is 397 g/mol. The Morgan fingerprint density at radius 2 is 1.93 bits per heavy atom. The van der Waals surface area contributed by atoms with Crippen molar-refractivity contribution in [2.24, 2.45) is 16.3 Å². The van der Waals surface area contributed by atoms with Gasteiger partial charge in [-0.25, -0.2) is 0 Å². The second kappa shape index (κ2) is 7.82. The Bertz CT molecular complexity index is 736. The lowest BCUT2D eigenvalue weighted by atomic mass is 9.46. The zero-order valence-electron chi connectivity index (χ0n) is 18.1. The van der Waals surface area contributed by atoms with Crippen LogP contribution in [0, 0.1) is 11.3 Å². The molecular formula is C24H36N4O. The fourth-order valence-electron chi connectivity index (χ4n) is 6.25. The van der Waals surface area contributed by atoms with E-state index < -0.39 is 0 Å². The van der Waals surface area contributed by atoms with Crippen LogP contribution in [0.1, 0.15) is 50.5 Å². The fourth-order valence-corrected chi connectivity index (χ4v) is 6.25. The average Bonchev–Trinajstić information content (AvgIpc) is 3.13. The number of guanidine groups is 1. The molecule has 0 amide bonds. The molecule has 3 unspecified atom stereocenters. The summed E-state index contributed by atoms with van der Waals surface area (Å²) in [6.07, 6.45) is 9.69. The molecule has 4 aliphatic rings. The van der Waals surface area contributed by atoms with Crippen LogP contribution in [-0.2, 0) is 11.3 Å². The number of ether oxygens (including phenoxy) is 1. The van der Waals surface area contributed by atoms with Gasteiger partial charge < -0.3 is 19.9 Å². The number of rotatable bonds is 4. The van der Waals surface area contributed by atoms with E-state index >= 15 is 0 Å². The van der Waals surface area contributed by atoms with Gasteiger partial charge in [0.1, 0.15) is 0 Å². The van der Waals surface area contributed by atoms with Crippen molar-refractivity contribution in [3.05, 3.63) is 29.8 Å². The number of nitrogens with zero attached hydrogens (tertiary/aromatic N) is 3. The van der Waals surface area contributed by atoms with Crippen molar-refractivity contribution >= 4 is 11.6 Å². The first-order valence-corrected chi connectivity index (χ1v) is 11.6. The van der Waals surface area contributed by atoms with Gasteiger partial charge in [-0.3, -0.25) is 4.99 Å². The summed E-state index contributed by atoms with van der Waals surface area (Å²) < 4.78 is 6.07. The number of piperidine rings is 1. The van der Waals surface area contributed by atoms with Crippen molar-refractivity contribution < 1.29 is 4.74 Å². The Balaban J connectivity index is 1.21. The number of hydrogen-bond donors (Lipinski definition) is 1. The van der Waals surface area contributed by atoms with Crippen LogP contribution in [-0.4, -0.2) is 56.8 Å². The van der Waals surface area contributed by atoms with Gasteiger partial charge in [-0.15, -0.1) is 0 Å². The highest BCUT2D eigenvalue weighted by atomic mass is 16.5. The van der Waals surface area contributed by atoms with Crippen molar-refractivity contribution in [3.8, 4) is 0 Å². The highest BCUT2D eigenvalue weighted by Gasteiger charge is 2.66. The van der Waals surface area contributed by atoms with E-state index in [9.17, 15) is 0 Å². The Labute approximate surface area is 175 Å². The van der Waals surface area contributed by atoms with Crippen molar-refractivity contribution in [1.29, 1.82) is 0 Å². The minimum atomic E-state index is 0.383. The quantitative estimate of drug-likeness (QED) is 0.623. The lowest BCUT2D eigenvalue weighted by molar-refractivity contribution is -0.171. The Hall–Kier alpha value is -1.75. The van der Waals surface area contributed by atoms with Gasteiger partial charge in [0.05, 0.1) is 6.10 Å². The monoisotopic (exact) mass is 396 g/mol. The third-order valence-corrected chi connectivity index (χ3v) is 7.97. The maximum atomic E-state index is 6.07. The van der Waals surface area contributed by atoms with E-state index in [4.69, 9.17) is 4.74 Å². The van der Waals surface area contributed by atoms with E-state index in [1.807, 2.05) is 7.05 Å². The smallest absolute Gasteiger partial charge is 0.193 e. The molecule has 1 N–H and O–H groups in total. The first-order chi connectivity index (χ1) is 14.2. The normalized spacial score (nSPS) is 30.5. The van der Waals surface area contributed by atoms with Crippen LogP contribution in [0.2, 0.25) is 0 Å². The van der Waals surface area contributed by atoms with Crippen molar-refractivity contribution in [2.75, 3.05) is 38.7 Å². The molecule has 2 aliphatic carbocycles. The molecule has 2 aliphatic heterocycles. The van der Waals surface area contributed by atoms with E-state index in [-0.39, 0.29) is 0 Å². The number of anilines is 1. The maximum Gasteiger partial charge on any atom is 0.193 e. The molecule has 2 saturated carbocycles. The van der Waals surface area contributed by atoms with Gasteiger partial charge in [0.25, 0.3) is 0 Å². The van der Waals surface area contributed by atoms with Crippen LogP contribution < -0.4 is 10.2 Å². The topological polar surface area (TPSA) is 40.1 Å². The van der Waals surface area contributed by atoms with Gasteiger partial charge in [0.15, 0.2) is 5.96 Å². The van der Waals surface area contributed by atoms with Crippen molar-refractivity contribution in [3.63, 3.8) is 0 Å². The molecule has 0 radical (unpaired) electrons. The Morgan fingerprint density at radius 3 is 2.59 bits per heavy atom. The third-order valence-electron chi connectivity index (χ3n) is 7.97. The van der Waals surface area contributed by atoms with Crippen LogP contribution >= 0.6 is 0 Å². The zero-order chi connectivity index (χ0) is 19.8. The van der Waals surface area contributed by atoms with Gasteiger partial charge in [0, 0.05) is 63.4 Å². The predicted molar refractivity (Wildman–Crippen MR) is 118 cm³/mol. The number of hydrogen-bond acceptors (Lipinski definition) is 3. The highest BCUT2D eigenvalue weighted by Crippen LogP contribution is 2.62. The lowest BCUT2D eigenvalue weighted by Gasteiger charge is -2.63. The molecule has 5 nitrogen and oxygen atoms in total. The first kappa shape index (κ1) is 19.2. The lowest BCUT2D eigenvalue weighted by Crippen LogP contribution is -2.72. The van der Waals surface area contributed by atoms with E-state index in [1.54, 1.807) is 0 Å². The molecule has 2 saturated heterocycles. The molecule has 0 bridgehead atoms. The predicted octanol–water partition coefficient (Wildman–Crippen LogP) is 3.64. The van der Waals surface area contributed by atoms with Crippen LogP contribution in [0.3, 0.4) is 0 Å². The van der Waals surface area contributed by atoms with Crippen LogP contribution in [0.4, 0.5) is 5.69 Å². The molecule has 5 rings (SSSR count). The fraction of sp³-hybridized carbons (Fsp3) is 0.708. The van der Waals surface area contributed by atoms with E-state index in [0.717, 1.165) is 19.1 Å². The van der Waals surface area contributed by atoms with Gasteiger partial charge in [-0.05, 0) is 56.2 Å². The summed E-state index contributed by atoms with van der Waals surface area (Å²) in [6, 6.07) is 9.68. The summed E-state index contributed by atoms with van der Waals surface area (Å²) in [4.78, 5) is 9.41. The number of nitrogens with one attached hydrogen (secondary N) is 1. The maximum absolute atomic E-state index is 6.07. The summed E-state index contributed by atoms with van der Waals surface area (Å²) in [6.45, 7) is 4.22. The van der Waals surface area contributed by atoms with Crippen molar-refractivity contribution in [1.82, 2.24) is 10.2 Å². The zero-order valence-corrected chi connectivity index (χ0v) is 18.1. The van der Waals surface area contributed by atoms with Gasteiger partial charge in [-0.1, -0.05) is 18.6 Å². The number of benzene rings is 1. The van der Waals surface area contributed by atoms with E-state index in [0.29, 0.717) is 23.5 Å². The van der Waals surface area contributed by atoms with Gasteiger partial charge in [-0.2, -0.15) is 0 Å². The molecule has 1 spiro atoms. The summed E-state index contributed by atoms with van der Waals surface area (Å²) in [7, 11) is 4.07. The Morgan fingerprint density at radius 1 is 1.17 bits per heavy atom.